The molecule has 0 saturated carbocycles. The van der Waals surface area contributed by atoms with E-state index in [1.54, 1.807) is 6.92 Å². The van der Waals surface area contributed by atoms with E-state index in [1.807, 2.05) is 6.92 Å². The predicted octanol–water partition coefficient (Wildman–Crippen LogP) is 1.84. The van der Waals surface area contributed by atoms with Gasteiger partial charge in [-0.15, -0.1) is 0 Å². The second-order valence-corrected chi connectivity index (χ2v) is 4.25. The average Bonchev–Trinajstić information content (AvgIpc) is 2.66. The lowest BCUT2D eigenvalue weighted by molar-refractivity contribution is 0.1000. The van der Waals surface area contributed by atoms with Gasteiger partial charge in [-0.3, -0.25) is 4.79 Å². The highest BCUT2D eigenvalue weighted by molar-refractivity contribution is 6.09. The smallest absolute Gasteiger partial charge is 0.253 e. The van der Waals surface area contributed by atoms with Crippen LogP contribution in [0.25, 0.3) is 11.1 Å². The second kappa shape index (κ2) is 4.64. The van der Waals surface area contributed by atoms with Crippen molar-refractivity contribution in [3.63, 3.8) is 0 Å². The van der Waals surface area contributed by atoms with Crippen LogP contribution in [0.2, 0.25) is 0 Å². The number of nitrogens with one attached hydrogen (secondary N) is 1. The first-order chi connectivity index (χ1) is 8.54. The van der Waals surface area contributed by atoms with Crippen molar-refractivity contribution in [1.29, 1.82) is 0 Å². The maximum Gasteiger partial charge on any atom is 0.253 e. The number of carbonyl (C=O) groups is 1. The number of amides is 1. The van der Waals surface area contributed by atoms with Crippen LogP contribution < -0.4 is 11.1 Å². The van der Waals surface area contributed by atoms with Crippen LogP contribution in [-0.4, -0.2) is 21.9 Å². The number of hydrogen-bond donors (Lipinski definition) is 2. The number of aromatic nitrogens is 2. The maximum atomic E-state index is 11.5. The summed E-state index contributed by atoms with van der Waals surface area (Å²) in [6, 6.07) is 0.235. The molecule has 0 saturated heterocycles. The molecule has 18 heavy (non-hydrogen) atoms. The molecule has 6 heteroatoms. The molecule has 96 valence electrons. The number of nitrogens with zero attached hydrogens (tertiary/aromatic N) is 2. The Bertz CT molecular complexity index is 591. The number of primary amides is 1. The largest absolute Gasteiger partial charge is 0.442 e. The van der Waals surface area contributed by atoms with E-state index in [4.69, 9.17) is 10.2 Å². The molecule has 1 unspecified atom stereocenters. The highest BCUT2D eigenvalue weighted by Crippen LogP contribution is 2.28. The molecule has 0 fully saturated rings. The monoisotopic (exact) mass is 248 g/mol. The third kappa shape index (κ3) is 2.01. The van der Waals surface area contributed by atoms with Gasteiger partial charge in [0.15, 0.2) is 0 Å². The summed E-state index contributed by atoms with van der Waals surface area (Å²) < 4.78 is 5.42. The van der Waals surface area contributed by atoms with E-state index in [0.29, 0.717) is 28.2 Å². The zero-order chi connectivity index (χ0) is 13.3. The van der Waals surface area contributed by atoms with Gasteiger partial charge in [-0.2, -0.15) is 0 Å². The molecule has 0 aliphatic rings. The maximum absolute atomic E-state index is 11.5. The first kappa shape index (κ1) is 12.3. The van der Waals surface area contributed by atoms with E-state index in [9.17, 15) is 4.79 Å². The minimum Gasteiger partial charge on any atom is -0.442 e. The van der Waals surface area contributed by atoms with Crippen LogP contribution in [0.15, 0.2) is 10.7 Å². The van der Waals surface area contributed by atoms with Gasteiger partial charge in [0.2, 0.25) is 5.71 Å². The molecule has 1 amide bonds. The quantitative estimate of drug-likeness (QED) is 0.861. The van der Waals surface area contributed by atoms with Gasteiger partial charge in [0.25, 0.3) is 5.91 Å². The molecular formula is C12H16N4O2. The summed E-state index contributed by atoms with van der Waals surface area (Å²) in [6.45, 7) is 5.78. The first-order valence-corrected chi connectivity index (χ1v) is 5.85. The van der Waals surface area contributed by atoms with Crippen molar-refractivity contribution in [1.82, 2.24) is 9.97 Å². The van der Waals surface area contributed by atoms with E-state index in [2.05, 4.69) is 22.2 Å². The fraction of sp³-hybridized carbons (Fsp3) is 0.417. The van der Waals surface area contributed by atoms with Crippen molar-refractivity contribution >= 4 is 22.8 Å². The van der Waals surface area contributed by atoms with Crippen molar-refractivity contribution in [2.24, 2.45) is 5.73 Å². The zero-order valence-corrected chi connectivity index (χ0v) is 10.7. The number of rotatable bonds is 4. The third-order valence-electron chi connectivity index (χ3n) is 2.91. The Morgan fingerprint density at radius 3 is 2.89 bits per heavy atom. The van der Waals surface area contributed by atoms with E-state index in [-0.39, 0.29) is 6.04 Å². The second-order valence-electron chi connectivity index (χ2n) is 4.25. The standard InChI is InChI=1S/C12H16N4O2/c1-4-6(2)16-11-9-8(10(13)17)7(3)18-12(9)15-5-14-11/h5-6H,4H2,1-3H3,(H2,13,17)(H,14,15,16). The number of aryl methyl sites for hydroxylation is 1. The fourth-order valence-electron chi connectivity index (χ4n) is 1.79. The van der Waals surface area contributed by atoms with Crippen molar-refractivity contribution in [3.05, 3.63) is 17.7 Å². The summed E-state index contributed by atoms with van der Waals surface area (Å²) in [5.41, 5.74) is 6.10. The Hall–Kier alpha value is -2.11. The number of furan rings is 1. The summed E-state index contributed by atoms with van der Waals surface area (Å²) in [4.78, 5) is 19.7. The average molecular weight is 248 g/mol. The minimum absolute atomic E-state index is 0.235. The van der Waals surface area contributed by atoms with Crippen LogP contribution in [0, 0.1) is 6.92 Å². The van der Waals surface area contributed by atoms with E-state index >= 15 is 0 Å². The molecule has 0 aliphatic heterocycles. The summed E-state index contributed by atoms with van der Waals surface area (Å²) in [5, 5.41) is 3.78. The molecule has 2 aromatic heterocycles. The molecule has 0 bridgehead atoms. The molecule has 3 N–H and O–H groups in total. The van der Waals surface area contributed by atoms with Crippen molar-refractivity contribution < 1.29 is 9.21 Å². The van der Waals surface area contributed by atoms with Gasteiger partial charge in [-0.25, -0.2) is 9.97 Å². The van der Waals surface area contributed by atoms with Crippen LogP contribution in [-0.2, 0) is 0 Å². The highest BCUT2D eigenvalue weighted by atomic mass is 16.3. The Labute approximate surface area is 105 Å². The number of anilines is 1. The van der Waals surface area contributed by atoms with Crippen LogP contribution in [0.3, 0.4) is 0 Å². The normalized spacial score (nSPS) is 12.6. The number of fused-ring (bicyclic) bond motifs is 1. The van der Waals surface area contributed by atoms with Crippen LogP contribution in [0.5, 0.6) is 0 Å². The molecule has 1 atom stereocenters. The van der Waals surface area contributed by atoms with Gasteiger partial charge >= 0.3 is 0 Å². The fourth-order valence-corrected chi connectivity index (χ4v) is 1.79. The molecule has 0 aromatic carbocycles. The van der Waals surface area contributed by atoms with Crippen molar-refractivity contribution in [2.75, 3.05) is 5.32 Å². The van der Waals surface area contributed by atoms with Gasteiger partial charge < -0.3 is 15.5 Å². The van der Waals surface area contributed by atoms with Crippen LogP contribution >= 0.6 is 0 Å². The highest BCUT2D eigenvalue weighted by Gasteiger charge is 2.21. The molecule has 6 nitrogen and oxygen atoms in total. The Kier molecular flexibility index (Phi) is 3.18. The molecule has 0 spiro atoms. The van der Waals surface area contributed by atoms with Crippen molar-refractivity contribution in [2.45, 2.75) is 33.2 Å². The zero-order valence-electron chi connectivity index (χ0n) is 10.7. The number of carbonyl (C=O) groups excluding carboxylic acids is 1. The Morgan fingerprint density at radius 1 is 1.56 bits per heavy atom. The van der Waals surface area contributed by atoms with Gasteiger partial charge in [-0.05, 0) is 20.3 Å². The number of nitrogens with two attached hydrogens (primary N) is 1. The molecule has 0 radical (unpaired) electrons. The topological polar surface area (TPSA) is 94.0 Å². The van der Waals surface area contributed by atoms with E-state index in [1.165, 1.54) is 6.33 Å². The molecule has 2 rings (SSSR count). The minimum atomic E-state index is -0.534. The Balaban J connectivity index is 2.63. The lowest BCUT2D eigenvalue weighted by Gasteiger charge is -2.12. The summed E-state index contributed by atoms with van der Waals surface area (Å²) in [6.07, 6.45) is 2.34. The molecule has 0 aliphatic carbocycles. The van der Waals surface area contributed by atoms with Crippen molar-refractivity contribution in [3.8, 4) is 0 Å². The first-order valence-electron chi connectivity index (χ1n) is 5.85. The molecular weight excluding hydrogens is 232 g/mol. The van der Waals surface area contributed by atoms with Gasteiger partial charge in [0, 0.05) is 6.04 Å². The van der Waals surface area contributed by atoms with Gasteiger partial charge in [0.1, 0.15) is 17.9 Å². The third-order valence-corrected chi connectivity index (χ3v) is 2.91. The van der Waals surface area contributed by atoms with E-state index in [0.717, 1.165) is 6.42 Å². The lowest BCUT2D eigenvalue weighted by atomic mass is 10.1. The summed E-state index contributed by atoms with van der Waals surface area (Å²) >= 11 is 0. The predicted molar refractivity (Wildman–Crippen MR) is 68.4 cm³/mol. The summed E-state index contributed by atoms with van der Waals surface area (Å²) in [7, 11) is 0. The van der Waals surface area contributed by atoms with E-state index < -0.39 is 5.91 Å². The number of hydrogen-bond acceptors (Lipinski definition) is 5. The van der Waals surface area contributed by atoms with Gasteiger partial charge in [-0.1, -0.05) is 6.92 Å². The lowest BCUT2D eigenvalue weighted by Crippen LogP contribution is -2.16. The van der Waals surface area contributed by atoms with Gasteiger partial charge in [0.05, 0.1) is 10.9 Å². The van der Waals surface area contributed by atoms with Crippen LogP contribution in [0.1, 0.15) is 36.4 Å². The van der Waals surface area contributed by atoms with Crippen LogP contribution in [0.4, 0.5) is 5.82 Å². The Morgan fingerprint density at radius 2 is 2.28 bits per heavy atom. The molecule has 2 heterocycles. The SMILES string of the molecule is CCC(C)Nc1ncnc2oc(C)c(C(N)=O)c12. The molecule has 2 aromatic rings. The summed E-state index contributed by atoms with van der Waals surface area (Å²) in [5.74, 6) is 0.512.